The van der Waals surface area contributed by atoms with Crippen molar-refractivity contribution in [2.45, 2.75) is 32.5 Å². The molecule has 1 unspecified atom stereocenters. The van der Waals surface area contributed by atoms with Crippen molar-refractivity contribution >= 4 is 33.4 Å². The molecule has 0 aliphatic heterocycles. The Hall–Kier alpha value is -0.590. The predicted molar refractivity (Wildman–Crippen MR) is 75.8 cm³/mol. The van der Waals surface area contributed by atoms with E-state index in [2.05, 4.69) is 15.9 Å². The van der Waals surface area contributed by atoms with Gasteiger partial charge in [-0.1, -0.05) is 0 Å². The van der Waals surface area contributed by atoms with Crippen molar-refractivity contribution < 1.29 is 14.6 Å². The third-order valence-corrected chi connectivity index (χ3v) is 3.80. The average Bonchev–Trinajstić information content (AvgIpc) is 2.62. The highest BCUT2D eigenvalue weighted by molar-refractivity contribution is 9.11. The maximum absolute atomic E-state index is 11.7. The van der Waals surface area contributed by atoms with Crippen LogP contribution in [0.15, 0.2) is 15.9 Å². The van der Waals surface area contributed by atoms with E-state index in [4.69, 9.17) is 4.74 Å². The smallest absolute Gasteiger partial charge is 0.410 e. The van der Waals surface area contributed by atoms with Gasteiger partial charge in [0.05, 0.1) is 10.3 Å². The molecule has 1 N–H and O–H groups in total. The molecular weight excluding hydrogens is 318 g/mol. The Morgan fingerprint density at radius 1 is 1.56 bits per heavy atom. The van der Waals surface area contributed by atoms with E-state index in [1.54, 1.807) is 7.05 Å². The van der Waals surface area contributed by atoms with Crippen LogP contribution in [-0.2, 0) is 4.74 Å². The van der Waals surface area contributed by atoms with Gasteiger partial charge in [-0.3, -0.25) is 0 Å². The van der Waals surface area contributed by atoms with Crippen LogP contribution in [0.25, 0.3) is 0 Å². The lowest BCUT2D eigenvalue weighted by Gasteiger charge is -2.25. The molecule has 0 aliphatic carbocycles. The summed E-state index contributed by atoms with van der Waals surface area (Å²) in [5.41, 5.74) is -0.526. The van der Waals surface area contributed by atoms with Crippen molar-refractivity contribution in [3.8, 4) is 0 Å². The number of amides is 1. The lowest BCUT2D eigenvalue weighted by Crippen LogP contribution is -2.36. The molecule has 0 saturated heterocycles. The quantitative estimate of drug-likeness (QED) is 0.920. The second-order valence-electron chi connectivity index (χ2n) is 5.02. The second kappa shape index (κ2) is 6.04. The molecule has 1 aromatic heterocycles. The summed E-state index contributed by atoms with van der Waals surface area (Å²) in [6.45, 7) is 5.64. The van der Waals surface area contributed by atoms with E-state index in [0.717, 1.165) is 8.66 Å². The molecule has 4 nitrogen and oxygen atoms in total. The minimum Gasteiger partial charge on any atom is -0.444 e. The van der Waals surface area contributed by atoms with Crippen molar-refractivity contribution in [3.05, 3.63) is 20.8 Å². The van der Waals surface area contributed by atoms with Crippen molar-refractivity contribution in [3.63, 3.8) is 0 Å². The fourth-order valence-electron chi connectivity index (χ4n) is 1.27. The molecule has 0 aromatic carbocycles. The number of ether oxygens (including phenoxy) is 1. The molecule has 1 aromatic rings. The maximum Gasteiger partial charge on any atom is 0.410 e. The Labute approximate surface area is 120 Å². The summed E-state index contributed by atoms with van der Waals surface area (Å²) in [4.78, 5) is 13.9. The zero-order valence-corrected chi connectivity index (χ0v) is 13.3. The maximum atomic E-state index is 11.7. The van der Waals surface area contributed by atoms with Gasteiger partial charge in [0, 0.05) is 11.9 Å². The van der Waals surface area contributed by atoms with Crippen LogP contribution in [0.5, 0.6) is 0 Å². The molecule has 1 atom stereocenters. The van der Waals surface area contributed by atoms with E-state index >= 15 is 0 Å². The molecule has 6 heteroatoms. The van der Waals surface area contributed by atoms with Crippen molar-refractivity contribution in [1.29, 1.82) is 0 Å². The van der Waals surface area contributed by atoms with Gasteiger partial charge in [-0.15, -0.1) is 11.3 Å². The summed E-state index contributed by atoms with van der Waals surface area (Å²) in [5.74, 6) is 0. The van der Waals surface area contributed by atoms with E-state index < -0.39 is 17.8 Å². The number of nitrogens with zero attached hydrogens (tertiary/aromatic N) is 1. The highest BCUT2D eigenvalue weighted by atomic mass is 79.9. The number of likely N-dealkylation sites (N-methyl/N-ethyl adjacent to an activating group) is 1. The predicted octanol–water partition coefficient (Wildman–Crippen LogP) is 3.41. The molecule has 0 bridgehead atoms. The first-order valence-corrected chi connectivity index (χ1v) is 7.17. The van der Waals surface area contributed by atoms with Crippen LogP contribution in [0.4, 0.5) is 4.79 Å². The Bertz CT molecular complexity index is 414. The summed E-state index contributed by atoms with van der Waals surface area (Å²) < 4.78 is 6.17. The summed E-state index contributed by atoms with van der Waals surface area (Å²) in [6.07, 6.45) is -1.13. The van der Waals surface area contributed by atoms with E-state index in [1.165, 1.54) is 16.2 Å². The highest BCUT2D eigenvalue weighted by Gasteiger charge is 2.22. The van der Waals surface area contributed by atoms with Crippen LogP contribution in [0.2, 0.25) is 0 Å². The normalized spacial score (nSPS) is 13.2. The van der Waals surface area contributed by atoms with E-state index in [0.29, 0.717) is 0 Å². The monoisotopic (exact) mass is 335 g/mol. The first-order chi connectivity index (χ1) is 8.19. The zero-order chi connectivity index (χ0) is 13.9. The fourth-order valence-corrected chi connectivity index (χ4v) is 2.67. The van der Waals surface area contributed by atoms with Gasteiger partial charge in [-0.05, 0) is 48.8 Å². The molecule has 0 spiro atoms. The van der Waals surface area contributed by atoms with Gasteiger partial charge in [0.15, 0.2) is 0 Å². The SMILES string of the molecule is CN(CC(O)c1ccc(Br)s1)C(=O)OC(C)(C)C. The second-order valence-corrected chi connectivity index (χ2v) is 7.51. The molecule has 18 heavy (non-hydrogen) atoms. The van der Waals surface area contributed by atoms with Crippen molar-refractivity contribution in [2.75, 3.05) is 13.6 Å². The first-order valence-electron chi connectivity index (χ1n) is 5.56. The van der Waals surface area contributed by atoms with Gasteiger partial charge < -0.3 is 14.7 Å². The minimum absolute atomic E-state index is 0.210. The van der Waals surface area contributed by atoms with Crippen LogP contribution in [0.3, 0.4) is 0 Å². The Kier molecular flexibility index (Phi) is 5.19. The molecule has 0 radical (unpaired) electrons. The number of aliphatic hydroxyl groups is 1. The van der Waals surface area contributed by atoms with Crippen molar-refractivity contribution in [1.82, 2.24) is 4.90 Å². The average molecular weight is 336 g/mol. The van der Waals surface area contributed by atoms with Gasteiger partial charge in [0.2, 0.25) is 0 Å². The van der Waals surface area contributed by atoms with E-state index in [-0.39, 0.29) is 6.54 Å². The number of carbonyl (C=O) groups is 1. The Morgan fingerprint density at radius 2 is 2.17 bits per heavy atom. The number of halogens is 1. The van der Waals surface area contributed by atoms with Gasteiger partial charge in [0.25, 0.3) is 0 Å². The summed E-state index contributed by atoms with van der Waals surface area (Å²) in [5, 5.41) is 9.99. The topological polar surface area (TPSA) is 49.8 Å². The number of thiophene rings is 1. The number of hydrogen-bond donors (Lipinski definition) is 1. The summed E-state index contributed by atoms with van der Waals surface area (Å²) in [7, 11) is 1.61. The first kappa shape index (κ1) is 15.5. The number of carbonyl (C=O) groups excluding carboxylic acids is 1. The lowest BCUT2D eigenvalue weighted by molar-refractivity contribution is 0.0208. The minimum atomic E-state index is -0.696. The number of hydrogen-bond acceptors (Lipinski definition) is 4. The van der Waals surface area contributed by atoms with Gasteiger partial charge in [-0.25, -0.2) is 4.79 Å². The third-order valence-electron chi connectivity index (χ3n) is 2.07. The van der Waals surface area contributed by atoms with Crippen LogP contribution in [-0.4, -0.2) is 35.3 Å². The molecule has 0 saturated carbocycles. The van der Waals surface area contributed by atoms with E-state index in [9.17, 15) is 9.90 Å². The van der Waals surface area contributed by atoms with E-state index in [1.807, 2.05) is 32.9 Å². The van der Waals surface area contributed by atoms with Crippen LogP contribution >= 0.6 is 27.3 Å². The van der Waals surface area contributed by atoms with Gasteiger partial charge in [-0.2, -0.15) is 0 Å². The van der Waals surface area contributed by atoms with Crippen molar-refractivity contribution in [2.24, 2.45) is 0 Å². The number of aliphatic hydroxyl groups excluding tert-OH is 1. The molecule has 1 heterocycles. The fraction of sp³-hybridized carbons (Fsp3) is 0.583. The Balaban J connectivity index is 2.54. The van der Waals surface area contributed by atoms with Gasteiger partial charge in [0.1, 0.15) is 11.7 Å². The molecule has 1 rings (SSSR count). The lowest BCUT2D eigenvalue weighted by atomic mass is 10.2. The zero-order valence-electron chi connectivity index (χ0n) is 10.9. The van der Waals surface area contributed by atoms with Crippen LogP contribution in [0.1, 0.15) is 31.8 Å². The largest absolute Gasteiger partial charge is 0.444 e. The van der Waals surface area contributed by atoms with Gasteiger partial charge >= 0.3 is 6.09 Å². The van der Waals surface area contributed by atoms with Crippen LogP contribution in [0, 0.1) is 0 Å². The summed E-state index contributed by atoms with van der Waals surface area (Å²) in [6, 6.07) is 3.71. The highest BCUT2D eigenvalue weighted by Crippen LogP contribution is 2.27. The molecule has 1 amide bonds. The third kappa shape index (κ3) is 4.96. The number of rotatable bonds is 3. The Morgan fingerprint density at radius 3 is 2.61 bits per heavy atom. The molecule has 0 aliphatic rings. The molecular formula is C12H18BrNO3S. The van der Waals surface area contributed by atoms with Crippen LogP contribution < -0.4 is 0 Å². The molecule has 0 fully saturated rings. The summed E-state index contributed by atoms with van der Waals surface area (Å²) >= 11 is 4.79. The standard InChI is InChI=1S/C12H18BrNO3S/c1-12(2,3)17-11(16)14(4)7-8(15)9-5-6-10(13)18-9/h5-6,8,15H,7H2,1-4H3. The molecule has 102 valence electrons.